The molecule has 1 aliphatic rings. The van der Waals surface area contributed by atoms with Gasteiger partial charge >= 0.3 is 0 Å². The van der Waals surface area contributed by atoms with E-state index in [1.54, 1.807) is 6.92 Å². The quantitative estimate of drug-likeness (QED) is 0.868. The molecule has 0 amide bonds. The molecule has 2 atom stereocenters. The first kappa shape index (κ1) is 12.1. The Morgan fingerprint density at radius 1 is 1.44 bits per heavy atom. The topological polar surface area (TPSA) is 46.2 Å². The summed E-state index contributed by atoms with van der Waals surface area (Å²) in [6, 6.07) is 7.82. The van der Waals surface area contributed by atoms with Gasteiger partial charge in [-0.05, 0) is 24.5 Å². The fourth-order valence-electron chi connectivity index (χ4n) is 1.96. The second kappa shape index (κ2) is 4.47. The van der Waals surface area contributed by atoms with E-state index in [2.05, 4.69) is 20.7 Å². The molecule has 0 saturated heterocycles. The lowest BCUT2D eigenvalue weighted by atomic mass is 10.1. The normalized spacial score (nSPS) is 24.4. The SMILES string of the molecule is CCS(=O)(=O)NC1c2ccccc2CC1Br. The Bertz CT molecular complexity index is 487. The van der Waals surface area contributed by atoms with Crippen LogP contribution in [0, 0.1) is 0 Å². The molecule has 1 aromatic rings. The number of hydrogen-bond acceptors (Lipinski definition) is 2. The van der Waals surface area contributed by atoms with Crippen LogP contribution >= 0.6 is 15.9 Å². The molecule has 0 heterocycles. The summed E-state index contributed by atoms with van der Waals surface area (Å²) in [5, 5.41) is 0. The first-order valence-electron chi connectivity index (χ1n) is 5.25. The zero-order chi connectivity index (χ0) is 11.8. The summed E-state index contributed by atoms with van der Waals surface area (Å²) in [6.45, 7) is 1.65. The lowest BCUT2D eigenvalue weighted by molar-refractivity contribution is 0.560. The molecule has 88 valence electrons. The maximum absolute atomic E-state index is 11.6. The van der Waals surface area contributed by atoms with Crippen LogP contribution in [0.3, 0.4) is 0 Å². The number of sulfonamides is 1. The summed E-state index contributed by atoms with van der Waals surface area (Å²) >= 11 is 3.54. The Balaban J connectivity index is 2.30. The largest absolute Gasteiger partial charge is 0.212 e. The molecule has 1 aliphatic carbocycles. The molecule has 16 heavy (non-hydrogen) atoms. The highest BCUT2D eigenvalue weighted by Crippen LogP contribution is 2.36. The molecule has 0 aromatic heterocycles. The smallest absolute Gasteiger partial charge is 0.211 e. The summed E-state index contributed by atoms with van der Waals surface area (Å²) in [6.07, 6.45) is 0.868. The molecule has 0 bridgehead atoms. The predicted octanol–water partition coefficient (Wildman–Crippen LogP) is 1.99. The van der Waals surface area contributed by atoms with Gasteiger partial charge in [-0.1, -0.05) is 40.2 Å². The van der Waals surface area contributed by atoms with Crippen molar-refractivity contribution in [2.45, 2.75) is 24.2 Å². The number of halogens is 1. The molecule has 2 unspecified atom stereocenters. The van der Waals surface area contributed by atoms with Gasteiger partial charge < -0.3 is 0 Å². The van der Waals surface area contributed by atoms with E-state index >= 15 is 0 Å². The van der Waals surface area contributed by atoms with Gasteiger partial charge in [0, 0.05) is 4.83 Å². The Morgan fingerprint density at radius 2 is 2.12 bits per heavy atom. The summed E-state index contributed by atoms with van der Waals surface area (Å²) in [7, 11) is -3.16. The van der Waals surface area contributed by atoms with Gasteiger partial charge in [0.2, 0.25) is 10.0 Å². The summed E-state index contributed by atoms with van der Waals surface area (Å²) < 4.78 is 25.9. The third-order valence-electron chi connectivity index (χ3n) is 2.85. The second-order valence-corrected chi connectivity index (χ2v) is 7.14. The molecule has 3 nitrogen and oxygen atoms in total. The zero-order valence-corrected chi connectivity index (χ0v) is 11.4. The minimum absolute atomic E-state index is 0.116. The Morgan fingerprint density at radius 3 is 2.81 bits per heavy atom. The van der Waals surface area contributed by atoms with E-state index in [1.165, 1.54) is 5.56 Å². The second-order valence-electron chi connectivity index (χ2n) is 3.92. The van der Waals surface area contributed by atoms with E-state index < -0.39 is 10.0 Å². The Hall–Kier alpha value is -0.390. The highest BCUT2D eigenvalue weighted by atomic mass is 79.9. The van der Waals surface area contributed by atoms with Crippen LogP contribution < -0.4 is 4.72 Å². The van der Waals surface area contributed by atoms with Crippen LogP contribution in [0.1, 0.15) is 24.1 Å². The third-order valence-corrected chi connectivity index (χ3v) is 5.08. The number of alkyl halides is 1. The molecule has 0 radical (unpaired) electrons. The van der Waals surface area contributed by atoms with Crippen LogP contribution in [-0.4, -0.2) is 19.0 Å². The zero-order valence-electron chi connectivity index (χ0n) is 8.98. The van der Waals surface area contributed by atoms with E-state index in [0.29, 0.717) is 0 Å². The highest BCUT2D eigenvalue weighted by Gasteiger charge is 2.32. The van der Waals surface area contributed by atoms with Crippen LogP contribution in [0.25, 0.3) is 0 Å². The van der Waals surface area contributed by atoms with E-state index in [4.69, 9.17) is 0 Å². The molecule has 0 fully saturated rings. The number of hydrogen-bond donors (Lipinski definition) is 1. The van der Waals surface area contributed by atoms with Gasteiger partial charge in [-0.2, -0.15) is 0 Å². The van der Waals surface area contributed by atoms with Crippen LogP contribution in [0.2, 0.25) is 0 Å². The van der Waals surface area contributed by atoms with Crippen molar-refractivity contribution in [3.05, 3.63) is 35.4 Å². The first-order valence-corrected chi connectivity index (χ1v) is 7.82. The summed E-state index contributed by atoms with van der Waals surface area (Å²) in [4.78, 5) is 0.145. The Kier molecular flexibility index (Phi) is 3.37. The van der Waals surface area contributed by atoms with Crippen molar-refractivity contribution < 1.29 is 8.42 Å². The van der Waals surface area contributed by atoms with E-state index in [-0.39, 0.29) is 16.6 Å². The van der Waals surface area contributed by atoms with Crippen molar-refractivity contribution in [2.75, 3.05) is 5.75 Å². The Labute approximate surface area is 104 Å². The number of fused-ring (bicyclic) bond motifs is 1. The van der Waals surface area contributed by atoms with Crippen LogP contribution in [-0.2, 0) is 16.4 Å². The van der Waals surface area contributed by atoms with Gasteiger partial charge in [0.25, 0.3) is 0 Å². The minimum atomic E-state index is -3.16. The molecule has 1 N–H and O–H groups in total. The number of benzene rings is 1. The maximum Gasteiger partial charge on any atom is 0.211 e. The maximum atomic E-state index is 11.6. The van der Waals surface area contributed by atoms with Gasteiger partial charge in [0.05, 0.1) is 11.8 Å². The molecule has 5 heteroatoms. The third kappa shape index (κ3) is 2.31. The van der Waals surface area contributed by atoms with Crippen molar-refractivity contribution in [3.63, 3.8) is 0 Å². The standard InChI is InChI=1S/C11H14BrNO2S/c1-2-16(14,15)13-11-9-6-4-3-5-8(9)7-10(11)12/h3-6,10-11,13H,2,7H2,1H3. The van der Waals surface area contributed by atoms with Crippen molar-refractivity contribution in [1.82, 2.24) is 4.72 Å². The van der Waals surface area contributed by atoms with Crippen LogP contribution in [0.4, 0.5) is 0 Å². The molecule has 1 aromatic carbocycles. The molecular weight excluding hydrogens is 290 g/mol. The lowest BCUT2D eigenvalue weighted by Gasteiger charge is -2.16. The molecule has 2 rings (SSSR count). The lowest BCUT2D eigenvalue weighted by Crippen LogP contribution is -2.32. The average Bonchev–Trinajstić information content (AvgIpc) is 2.56. The fourth-order valence-corrected chi connectivity index (χ4v) is 3.75. The molecule has 0 aliphatic heterocycles. The number of nitrogens with one attached hydrogen (secondary N) is 1. The van der Waals surface area contributed by atoms with Gasteiger partial charge in [-0.3, -0.25) is 0 Å². The van der Waals surface area contributed by atoms with Gasteiger partial charge in [0.1, 0.15) is 0 Å². The molecular formula is C11H14BrNO2S. The van der Waals surface area contributed by atoms with Gasteiger partial charge in [-0.15, -0.1) is 0 Å². The van der Waals surface area contributed by atoms with Crippen LogP contribution in [0.5, 0.6) is 0 Å². The predicted molar refractivity (Wildman–Crippen MR) is 68.2 cm³/mol. The van der Waals surface area contributed by atoms with Crippen molar-refractivity contribution in [3.8, 4) is 0 Å². The van der Waals surface area contributed by atoms with Crippen molar-refractivity contribution in [2.24, 2.45) is 0 Å². The van der Waals surface area contributed by atoms with E-state index in [1.807, 2.05) is 24.3 Å². The molecule has 0 spiro atoms. The number of rotatable bonds is 3. The molecule has 0 saturated carbocycles. The van der Waals surface area contributed by atoms with Crippen molar-refractivity contribution in [1.29, 1.82) is 0 Å². The minimum Gasteiger partial charge on any atom is -0.212 e. The van der Waals surface area contributed by atoms with E-state index in [0.717, 1.165) is 12.0 Å². The van der Waals surface area contributed by atoms with Crippen molar-refractivity contribution >= 4 is 26.0 Å². The fraction of sp³-hybridized carbons (Fsp3) is 0.455. The monoisotopic (exact) mass is 303 g/mol. The highest BCUT2D eigenvalue weighted by molar-refractivity contribution is 9.09. The van der Waals surface area contributed by atoms with E-state index in [9.17, 15) is 8.42 Å². The van der Waals surface area contributed by atoms with Gasteiger partial charge in [-0.25, -0.2) is 13.1 Å². The van der Waals surface area contributed by atoms with Gasteiger partial charge in [0.15, 0.2) is 0 Å². The van der Waals surface area contributed by atoms with Crippen LogP contribution in [0.15, 0.2) is 24.3 Å². The average molecular weight is 304 g/mol. The summed E-state index contributed by atoms with van der Waals surface area (Å²) in [5.41, 5.74) is 2.30. The summed E-state index contributed by atoms with van der Waals surface area (Å²) in [5.74, 6) is 0.116. The first-order chi connectivity index (χ1) is 7.53.